The van der Waals surface area contributed by atoms with Crippen molar-refractivity contribution >= 4 is 17.6 Å². The van der Waals surface area contributed by atoms with E-state index in [0.717, 1.165) is 0 Å². The van der Waals surface area contributed by atoms with E-state index in [1.807, 2.05) is 31.2 Å². The van der Waals surface area contributed by atoms with Crippen molar-refractivity contribution in [2.24, 2.45) is 0 Å². The summed E-state index contributed by atoms with van der Waals surface area (Å²) in [5, 5.41) is 8.79. The molecule has 1 heterocycles. The van der Waals surface area contributed by atoms with Crippen molar-refractivity contribution in [3.63, 3.8) is 0 Å². The minimum Gasteiger partial charge on any atom is -0.490 e. The van der Waals surface area contributed by atoms with Gasteiger partial charge in [0.1, 0.15) is 11.9 Å². The quantitative estimate of drug-likeness (QED) is 0.840. The van der Waals surface area contributed by atoms with E-state index < -0.39 is 12.6 Å². The molecule has 1 atom stereocenters. The number of hydrogen-bond acceptors (Lipinski definition) is 5. The number of amides is 1. The number of rotatable bonds is 6. The zero-order valence-electron chi connectivity index (χ0n) is 15.2. The summed E-state index contributed by atoms with van der Waals surface area (Å²) in [6.45, 7) is 4.01. The van der Waals surface area contributed by atoms with Crippen LogP contribution in [0.2, 0.25) is 0 Å². The maximum absolute atomic E-state index is 13.1. The average molecular weight is 371 g/mol. The van der Waals surface area contributed by atoms with Crippen LogP contribution in [0.3, 0.4) is 0 Å². The SMILES string of the molecule is CCOc1cc(C(=O)N2CC(C)Oc3ccccc32)ccc1OCC(=O)O. The van der Waals surface area contributed by atoms with E-state index in [9.17, 15) is 9.59 Å². The van der Waals surface area contributed by atoms with E-state index in [1.165, 1.54) is 0 Å². The summed E-state index contributed by atoms with van der Waals surface area (Å²) in [5.74, 6) is 0.00151. The Kier molecular flexibility index (Phi) is 5.49. The zero-order valence-corrected chi connectivity index (χ0v) is 15.2. The first kappa shape index (κ1) is 18.6. The lowest BCUT2D eigenvalue weighted by Crippen LogP contribution is -2.42. The van der Waals surface area contributed by atoms with E-state index in [-0.39, 0.29) is 17.8 Å². The molecule has 0 saturated carbocycles. The third kappa shape index (κ3) is 4.13. The number of carboxylic acids is 1. The molecule has 0 aromatic heterocycles. The molecule has 0 spiro atoms. The number of fused-ring (bicyclic) bond motifs is 1. The van der Waals surface area contributed by atoms with Crippen LogP contribution in [-0.2, 0) is 4.79 Å². The lowest BCUT2D eigenvalue weighted by molar-refractivity contribution is -0.139. The van der Waals surface area contributed by atoms with Crippen LogP contribution >= 0.6 is 0 Å². The summed E-state index contributed by atoms with van der Waals surface area (Å²) in [6.07, 6.45) is -0.131. The van der Waals surface area contributed by atoms with E-state index in [0.29, 0.717) is 35.9 Å². The Morgan fingerprint density at radius 1 is 1.19 bits per heavy atom. The molecule has 2 aromatic rings. The van der Waals surface area contributed by atoms with Crippen LogP contribution in [0.5, 0.6) is 17.2 Å². The van der Waals surface area contributed by atoms with Crippen LogP contribution in [0.4, 0.5) is 5.69 Å². The van der Waals surface area contributed by atoms with E-state index in [4.69, 9.17) is 19.3 Å². The second-order valence-corrected chi connectivity index (χ2v) is 6.09. The molecule has 3 rings (SSSR count). The number of carboxylic acid groups (broad SMARTS) is 1. The van der Waals surface area contributed by atoms with Gasteiger partial charge in [0.2, 0.25) is 0 Å². The van der Waals surface area contributed by atoms with Crippen molar-refractivity contribution in [2.45, 2.75) is 20.0 Å². The Balaban J connectivity index is 1.90. The predicted molar refractivity (Wildman–Crippen MR) is 99.0 cm³/mol. The number of anilines is 1. The molecule has 0 bridgehead atoms. The van der Waals surface area contributed by atoms with Crippen molar-refractivity contribution in [1.29, 1.82) is 0 Å². The number of hydrogen-bond donors (Lipinski definition) is 1. The van der Waals surface area contributed by atoms with Crippen LogP contribution in [0, 0.1) is 0 Å². The fourth-order valence-electron chi connectivity index (χ4n) is 2.91. The summed E-state index contributed by atoms with van der Waals surface area (Å²) in [7, 11) is 0. The van der Waals surface area contributed by atoms with E-state index in [1.54, 1.807) is 30.0 Å². The molecule has 0 radical (unpaired) electrons. The highest BCUT2D eigenvalue weighted by molar-refractivity contribution is 6.07. The van der Waals surface area contributed by atoms with Crippen LogP contribution in [0.25, 0.3) is 0 Å². The van der Waals surface area contributed by atoms with E-state index in [2.05, 4.69) is 0 Å². The van der Waals surface area contributed by atoms with Gasteiger partial charge in [0.25, 0.3) is 5.91 Å². The molecule has 1 amide bonds. The van der Waals surface area contributed by atoms with Crippen molar-refractivity contribution in [3.8, 4) is 17.2 Å². The third-order valence-electron chi connectivity index (χ3n) is 4.01. The number of carbonyl (C=O) groups is 2. The van der Waals surface area contributed by atoms with Gasteiger partial charge >= 0.3 is 5.97 Å². The topological polar surface area (TPSA) is 85.3 Å². The molecule has 27 heavy (non-hydrogen) atoms. The molecular formula is C20H21NO6. The summed E-state index contributed by atoms with van der Waals surface area (Å²) in [6, 6.07) is 12.1. The number of para-hydroxylation sites is 2. The first-order valence-corrected chi connectivity index (χ1v) is 8.68. The fraction of sp³-hybridized carbons (Fsp3) is 0.300. The average Bonchev–Trinajstić information content (AvgIpc) is 2.65. The maximum Gasteiger partial charge on any atom is 0.341 e. The Morgan fingerprint density at radius 3 is 2.70 bits per heavy atom. The largest absolute Gasteiger partial charge is 0.490 e. The molecule has 0 fully saturated rings. The molecule has 7 nitrogen and oxygen atoms in total. The summed E-state index contributed by atoms with van der Waals surface area (Å²) in [4.78, 5) is 25.5. The fourth-order valence-corrected chi connectivity index (χ4v) is 2.91. The number of benzene rings is 2. The van der Waals surface area contributed by atoms with Gasteiger partial charge in [-0.05, 0) is 44.2 Å². The standard InChI is InChI=1S/C20H21NO6/c1-3-25-18-10-14(8-9-17(18)26-12-19(22)23)20(24)21-11-13(2)27-16-7-5-4-6-15(16)21/h4-10,13H,3,11-12H2,1-2H3,(H,22,23). The van der Waals surface area contributed by atoms with Gasteiger partial charge in [0, 0.05) is 5.56 Å². The van der Waals surface area contributed by atoms with Crippen LogP contribution < -0.4 is 19.1 Å². The van der Waals surface area contributed by atoms with Crippen LogP contribution in [0.15, 0.2) is 42.5 Å². The van der Waals surface area contributed by atoms with Gasteiger partial charge in [-0.15, -0.1) is 0 Å². The lowest BCUT2D eigenvalue weighted by atomic mass is 10.1. The minimum atomic E-state index is -1.09. The minimum absolute atomic E-state index is 0.131. The number of carbonyl (C=O) groups excluding carboxylic acids is 1. The van der Waals surface area contributed by atoms with Gasteiger partial charge in [0.05, 0.1) is 18.8 Å². The van der Waals surface area contributed by atoms with Crippen molar-refractivity contribution in [3.05, 3.63) is 48.0 Å². The maximum atomic E-state index is 13.1. The molecule has 142 valence electrons. The highest BCUT2D eigenvalue weighted by Gasteiger charge is 2.28. The molecule has 0 aliphatic carbocycles. The summed E-state index contributed by atoms with van der Waals surface area (Å²) >= 11 is 0. The van der Waals surface area contributed by atoms with Gasteiger partial charge in [-0.1, -0.05) is 12.1 Å². The summed E-state index contributed by atoms with van der Waals surface area (Å²) in [5.41, 5.74) is 1.13. The Hall–Kier alpha value is -3.22. The van der Waals surface area contributed by atoms with Crippen molar-refractivity contribution in [1.82, 2.24) is 0 Å². The highest BCUT2D eigenvalue weighted by Crippen LogP contribution is 2.35. The summed E-state index contributed by atoms with van der Waals surface area (Å²) < 4.78 is 16.5. The van der Waals surface area contributed by atoms with Gasteiger partial charge in [-0.2, -0.15) is 0 Å². The van der Waals surface area contributed by atoms with Gasteiger partial charge in [0.15, 0.2) is 18.1 Å². The molecule has 0 saturated heterocycles. The first-order chi connectivity index (χ1) is 13.0. The number of nitrogens with zero attached hydrogens (tertiary/aromatic N) is 1. The molecule has 7 heteroatoms. The van der Waals surface area contributed by atoms with Crippen molar-refractivity contribution < 1.29 is 28.9 Å². The van der Waals surface area contributed by atoms with Crippen LogP contribution in [0.1, 0.15) is 24.2 Å². The highest BCUT2D eigenvalue weighted by atomic mass is 16.5. The number of ether oxygens (including phenoxy) is 3. The Labute approximate surface area is 157 Å². The molecule has 2 aromatic carbocycles. The van der Waals surface area contributed by atoms with Crippen LogP contribution in [-0.4, -0.2) is 42.8 Å². The number of aliphatic carboxylic acids is 1. The third-order valence-corrected chi connectivity index (χ3v) is 4.01. The molecule has 1 unspecified atom stereocenters. The van der Waals surface area contributed by atoms with Crippen molar-refractivity contribution in [2.75, 3.05) is 24.7 Å². The monoisotopic (exact) mass is 371 g/mol. The predicted octanol–water partition coefficient (Wildman–Crippen LogP) is 2.98. The second-order valence-electron chi connectivity index (χ2n) is 6.09. The molecule has 1 aliphatic rings. The van der Waals surface area contributed by atoms with Gasteiger partial charge < -0.3 is 24.2 Å². The molecule has 1 aliphatic heterocycles. The lowest BCUT2D eigenvalue weighted by Gasteiger charge is -2.33. The smallest absolute Gasteiger partial charge is 0.341 e. The molecule has 1 N–H and O–H groups in total. The van der Waals surface area contributed by atoms with Gasteiger partial charge in [-0.3, -0.25) is 4.79 Å². The Morgan fingerprint density at radius 2 is 1.96 bits per heavy atom. The zero-order chi connectivity index (χ0) is 19.4. The van der Waals surface area contributed by atoms with Gasteiger partial charge in [-0.25, -0.2) is 4.79 Å². The van der Waals surface area contributed by atoms with E-state index >= 15 is 0 Å². The first-order valence-electron chi connectivity index (χ1n) is 8.68. The normalized spacial score (nSPS) is 15.5. The second kappa shape index (κ2) is 7.99. The Bertz CT molecular complexity index is 850. The molecular weight excluding hydrogens is 350 g/mol.